The number of rotatable bonds is 2. The van der Waals surface area contributed by atoms with Gasteiger partial charge in [-0.3, -0.25) is 0 Å². The van der Waals surface area contributed by atoms with Crippen LogP contribution in [0.15, 0.2) is 24.3 Å². The Labute approximate surface area is 86.4 Å². The van der Waals surface area contributed by atoms with Gasteiger partial charge in [-0.05, 0) is 12.1 Å². The van der Waals surface area contributed by atoms with Gasteiger partial charge in [0.25, 0.3) is 0 Å². The maximum absolute atomic E-state index is 9.52. The number of phenolic OH excluding ortho intramolecular Hbond substituents is 1. The molecule has 2 rings (SSSR count). The molecule has 0 radical (unpaired) electrons. The molecule has 0 spiro atoms. The van der Waals surface area contributed by atoms with E-state index in [-0.39, 0.29) is 11.7 Å². The highest BCUT2D eigenvalue weighted by Gasteiger charge is 2.06. The summed E-state index contributed by atoms with van der Waals surface area (Å²) < 4.78 is 1.50. The van der Waals surface area contributed by atoms with Gasteiger partial charge in [0.15, 0.2) is 0 Å². The Morgan fingerprint density at radius 3 is 2.73 bits per heavy atom. The second kappa shape index (κ2) is 3.49. The van der Waals surface area contributed by atoms with Crippen LogP contribution in [0.5, 0.6) is 5.75 Å². The number of nitrogen functional groups attached to an aromatic ring is 1. The molecule has 0 unspecified atom stereocenters. The summed E-state index contributed by atoms with van der Waals surface area (Å²) in [6.45, 7) is 0. The number of benzene rings is 1. The first-order chi connectivity index (χ1) is 7.16. The number of aryl methyl sites for hydroxylation is 1. The molecule has 78 valence electrons. The fraction of sp³-hybridized carbons (Fsp3) is 0.111. The zero-order chi connectivity index (χ0) is 10.8. The van der Waals surface area contributed by atoms with Crippen molar-refractivity contribution < 1.29 is 5.11 Å². The van der Waals surface area contributed by atoms with Crippen LogP contribution in [-0.4, -0.2) is 19.9 Å². The van der Waals surface area contributed by atoms with E-state index in [1.807, 2.05) is 6.07 Å². The lowest BCUT2D eigenvalue weighted by atomic mass is 10.3. The summed E-state index contributed by atoms with van der Waals surface area (Å²) in [5.41, 5.74) is 5.99. The van der Waals surface area contributed by atoms with Crippen molar-refractivity contribution in [1.29, 1.82) is 0 Å². The Morgan fingerprint density at radius 1 is 1.40 bits per heavy atom. The van der Waals surface area contributed by atoms with Crippen molar-refractivity contribution in [2.24, 2.45) is 7.05 Å². The molecule has 0 aliphatic heterocycles. The fourth-order valence-corrected chi connectivity index (χ4v) is 1.21. The van der Waals surface area contributed by atoms with Crippen LogP contribution >= 0.6 is 0 Å². The number of nitrogens with zero attached hydrogens (tertiary/aromatic N) is 3. The van der Waals surface area contributed by atoms with Crippen LogP contribution in [0.25, 0.3) is 0 Å². The van der Waals surface area contributed by atoms with E-state index in [0.29, 0.717) is 11.6 Å². The number of aromatic nitrogens is 3. The molecule has 0 atom stereocenters. The van der Waals surface area contributed by atoms with Gasteiger partial charge in [-0.25, -0.2) is 4.68 Å². The van der Waals surface area contributed by atoms with E-state index < -0.39 is 0 Å². The molecule has 0 amide bonds. The molecule has 6 heteroatoms. The van der Waals surface area contributed by atoms with Crippen LogP contribution in [-0.2, 0) is 7.05 Å². The van der Waals surface area contributed by atoms with Crippen molar-refractivity contribution in [2.75, 3.05) is 11.1 Å². The molecule has 6 nitrogen and oxygen atoms in total. The fourth-order valence-electron chi connectivity index (χ4n) is 1.21. The lowest BCUT2D eigenvalue weighted by Gasteiger charge is -2.05. The molecule has 0 aliphatic carbocycles. The molecule has 1 aromatic carbocycles. The minimum atomic E-state index is 0.152. The number of nitrogens with two attached hydrogens (primary N) is 1. The summed E-state index contributed by atoms with van der Waals surface area (Å²) in [6.07, 6.45) is 0. The lowest BCUT2D eigenvalue weighted by Crippen LogP contribution is -2.00. The molecule has 1 aromatic heterocycles. The van der Waals surface area contributed by atoms with Gasteiger partial charge >= 0.3 is 0 Å². The Hall–Kier alpha value is -2.24. The standard InChI is InChI=1S/C9H11N5O/c1-14-9(12-8(10)13-14)11-6-4-2-3-5-7(6)15/h2-5,15H,1H3,(H3,10,11,12,13). The molecule has 0 aliphatic rings. The van der Waals surface area contributed by atoms with Gasteiger partial charge in [-0.1, -0.05) is 12.1 Å². The monoisotopic (exact) mass is 205 g/mol. The Bertz CT molecular complexity index is 479. The van der Waals surface area contributed by atoms with Gasteiger partial charge in [0.1, 0.15) is 5.75 Å². The lowest BCUT2D eigenvalue weighted by molar-refractivity contribution is 0.477. The van der Waals surface area contributed by atoms with Crippen molar-refractivity contribution >= 4 is 17.6 Å². The first kappa shape index (κ1) is 9.32. The van der Waals surface area contributed by atoms with Gasteiger partial charge in [0.05, 0.1) is 5.69 Å². The number of hydrogen-bond donors (Lipinski definition) is 3. The smallest absolute Gasteiger partial charge is 0.241 e. The highest BCUT2D eigenvalue weighted by Crippen LogP contribution is 2.24. The molecular formula is C9H11N5O. The van der Waals surface area contributed by atoms with Gasteiger partial charge < -0.3 is 16.2 Å². The number of nitrogens with one attached hydrogen (secondary N) is 1. The van der Waals surface area contributed by atoms with E-state index in [9.17, 15) is 5.11 Å². The van der Waals surface area contributed by atoms with E-state index >= 15 is 0 Å². The molecule has 0 bridgehead atoms. The van der Waals surface area contributed by atoms with Gasteiger partial charge in [-0.15, -0.1) is 5.10 Å². The number of aromatic hydroxyl groups is 1. The van der Waals surface area contributed by atoms with Crippen LogP contribution in [0.2, 0.25) is 0 Å². The van der Waals surface area contributed by atoms with Crippen LogP contribution in [0.4, 0.5) is 17.6 Å². The van der Waals surface area contributed by atoms with Crippen molar-refractivity contribution in [3.05, 3.63) is 24.3 Å². The Kier molecular flexibility index (Phi) is 2.17. The van der Waals surface area contributed by atoms with Crippen LogP contribution in [0, 0.1) is 0 Å². The van der Waals surface area contributed by atoms with Crippen LogP contribution < -0.4 is 11.1 Å². The summed E-state index contributed by atoms with van der Waals surface area (Å²) in [5, 5.41) is 16.3. The topological polar surface area (TPSA) is 89.0 Å². The number of hydrogen-bond acceptors (Lipinski definition) is 5. The summed E-state index contributed by atoms with van der Waals surface area (Å²) in [6, 6.07) is 6.87. The average Bonchev–Trinajstić information content (AvgIpc) is 2.49. The summed E-state index contributed by atoms with van der Waals surface area (Å²) >= 11 is 0. The number of phenols is 1. The third-order valence-electron chi connectivity index (χ3n) is 1.93. The molecule has 0 saturated heterocycles. The first-order valence-electron chi connectivity index (χ1n) is 4.38. The number of anilines is 3. The second-order valence-electron chi connectivity index (χ2n) is 3.06. The van der Waals surface area contributed by atoms with Crippen molar-refractivity contribution in [3.8, 4) is 5.75 Å². The third-order valence-corrected chi connectivity index (χ3v) is 1.93. The minimum Gasteiger partial charge on any atom is -0.506 e. The molecule has 1 heterocycles. The summed E-state index contributed by atoms with van der Waals surface area (Å²) in [5.74, 6) is 0.823. The summed E-state index contributed by atoms with van der Waals surface area (Å²) in [4.78, 5) is 3.95. The zero-order valence-corrected chi connectivity index (χ0v) is 8.18. The second-order valence-corrected chi connectivity index (χ2v) is 3.06. The van der Waals surface area contributed by atoms with Crippen molar-refractivity contribution in [2.45, 2.75) is 0 Å². The quantitative estimate of drug-likeness (QED) is 0.632. The van der Waals surface area contributed by atoms with Crippen LogP contribution in [0.1, 0.15) is 0 Å². The molecule has 15 heavy (non-hydrogen) atoms. The van der Waals surface area contributed by atoms with E-state index in [1.54, 1.807) is 25.2 Å². The molecule has 0 fully saturated rings. The van der Waals surface area contributed by atoms with E-state index in [0.717, 1.165) is 0 Å². The largest absolute Gasteiger partial charge is 0.506 e. The zero-order valence-electron chi connectivity index (χ0n) is 8.18. The minimum absolute atomic E-state index is 0.152. The first-order valence-corrected chi connectivity index (χ1v) is 4.38. The Balaban J connectivity index is 2.29. The highest BCUT2D eigenvalue weighted by atomic mass is 16.3. The molecule has 0 saturated carbocycles. The summed E-state index contributed by atoms with van der Waals surface area (Å²) in [7, 11) is 1.71. The predicted octanol–water partition coefficient (Wildman–Crippen LogP) is 0.846. The van der Waals surface area contributed by atoms with E-state index in [4.69, 9.17) is 5.73 Å². The highest BCUT2D eigenvalue weighted by molar-refractivity contribution is 5.62. The van der Waals surface area contributed by atoms with Gasteiger partial charge in [0.2, 0.25) is 11.9 Å². The maximum atomic E-state index is 9.52. The molecule has 4 N–H and O–H groups in total. The molecular weight excluding hydrogens is 194 g/mol. The maximum Gasteiger partial charge on any atom is 0.241 e. The van der Waals surface area contributed by atoms with Crippen LogP contribution in [0.3, 0.4) is 0 Å². The molecule has 2 aromatic rings. The SMILES string of the molecule is Cn1nc(N)nc1Nc1ccccc1O. The number of para-hydroxylation sites is 2. The predicted molar refractivity (Wildman–Crippen MR) is 56.8 cm³/mol. The van der Waals surface area contributed by atoms with E-state index in [2.05, 4.69) is 15.4 Å². The van der Waals surface area contributed by atoms with Gasteiger partial charge in [0, 0.05) is 7.05 Å². The van der Waals surface area contributed by atoms with Gasteiger partial charge in [-0.2, -0.15) is 4.98 Å². The average molecular weight is 205 g/mol. The third kappa shape index (κ3) is 1.83. The Morgan fingerprint density at radius 2 is 2.13 bits per heavy atom. The van der Waals surface area contributed by atoms with Crippen molar-refractivity contribution in [1.82, 2.24) is 14.8 Å². The normalized spacial score (nSPS) is 10.2. The van der Waals surface area contributed by atoms with Crippen molar-refractivity contribution in [3.63, 3.8) is 0 Å². The van der Waals surface area contributed by atoms with E-state index in [1.165, 1.54) is 4.68 Å².